The summed E-state index contributed by atoms with van der Waals surface area (Å²) in [7, 11) is 0. The summed E-state index contributed by atoms with van der Waals surface area (Å²) >= 11 is 10.9. The van der Waals surface area contributed by atoms with E-state index in [0.29, 0.717) is 25.0 Å². The number of rotatable bonds is 14. The SMILES string of the molecule is CCCCC(CC)COc1cc2nc3c4cc(Br)sc4c4sc(Br)cc4c3nc2cc1OCC(CC)CCCC. The second kappa shape index (κ2) is 13.7. The molecule has 2 unspecified atom stereocenters. The van der Waals surface area contributed by atoms with Gasteiger partial charge >= 0.3 is 0 Å². The average molecular weight is 707 g/mol. The number of halogens is 2. The molecule has 0 radical (unpaired) electrons. The highest BCUT2D eigenvalue weighted by molar-refractivity contribution is 9.11. The van der Waals surface area contributed by atoms with Crippen molar-refractivity contribution < 1.29 is 9.47 Å². The van der Waals surface area contributed by atoms with Crippen molar-refractivity contribution in [1.82, 2.24) is 9.97 Å². The maximum atomic E-state index is 6.52. The molecule has 0 saturated heterocycles. The lowest BCUT2D eigenvalue weighted by atomic mass is 10.0. The van der Waals surface area contributed by atoms with E-state index in [1.54, 1.807) is 22.7 Å². The molecule has 0 fully saturated rings. The van der Waals surface area contributed by atoms with Gasteiger partial charge in [-0.2, -0.15) is 0 Å². The van der Waals surface area contributed by atoms with Gasteiger partial charge < -0.3 is 9.47 Å². The predicted molar refractivity (Wildman–Crippen MR) is 181 cm³/mol. The maximum absolute atomic E-state index is 6.52. The molecule has 2 aromatic carbocycles. The molecule has 5 aromatic rings. The van der Waals surface area contributed by atoms with Crippen molar-refractivity contribution in [1.29, 1.82) is 0 Å². The van der Waals surface area contributed by atoms with E-state index < -0.39 is 0 Å². The highest BCUT2D eigenvalue weighted by Crippen LogP contribution is 2.45. The van der Waals surface area contributed by atoms with Crippen molar-refractivity contribution in [2.24, 2.45) is 11.8 Å². The Labute approximate surface area is 262 Å². The first-order valence-electron chi connectivity index (χ1n) is 14.7. The standard InChI is InChI=1S/C32H38Br2N2O2S2/c1-5-9-11-19(7-3)17-37-25-15-23-24(16-26(25)38-18-20(8-4)12-10-6-2)36-30-22-14-28(34)40-32(22)31-21(29(30)35-23)13-27(33)39-31/h13-16,19-20H,5-12,17-18H2,1-4H3. The van der Waals surface area contributed by atoms with Crippen molar-refractivity contribution in [3.63, 3.8) is 0 Å². The van der Waals surface area contributed by atoms with Gasteiger partial charge in [-0.05, 0) is 68.7 Å². The van der Waals surface area contributed by atoms with Crippen LogP contribution in [0.3, 0.4) is 0 Å². The minimum absolute atomic E-state index is 0.534. The molecule has 0 spiro atoms. The topological polar surface area (TPSA) is 44.2 Å². The fourth-order valence-electron chi connectivity index (χ4n) is 5.29. The van der Waals surface area contributed by atoms with E-state index in [1.165, 1.54) is 47.9 Å². The molecule has 0 N–H and O–H groups in total. The van der Waals surface area contributed by atoms with E-state index in [2.05, 4.69) is 83.8 Å². The zero-order chi connectivity index (χ0) is 28.2. The van der Waals surface area contributed by atoms with E-state index in [-0.39, 0.29) is 0 Å². The third-order valence-corrected chi connectivity index (χ3v) is 11.3. The van der Waals surface area contributed by atoms with Crippen LogP contribution in [-0.4, -0.2) is 23.2 Å². The highest BCUT2D eigenvalue weighted by Gasteiger charge is 2.20. The molecule has 0 amide bonds. The Kier molecular flexibility index (Phi) is 10.2. The molecule has 2 atom stereocenters. The quantitative estimate of drug-likeness (QED) is 0.108. The zero-order valence-corrected chi connectivity index (χ0v) is 28.6. The monoisotopic (exact) mass is 704 g/mol. The maximum Gasteiger partial charge on any atom is 0.163 e. The summed E-state index contributed by atoms with van der Waals surface area (Å²) in [5.74, 6) is 2.63. The Morgan fingerprint density at radius 2 is 1.10 bits per heavy atom. The van der Waals surface area contributed by atoms with Gasteiger partial charge in [0.25, 0.3) is 0 Å². The molecule has 4 nitrogen and oxygen atoms in total. The number of fused-ring (bicyclic) bond motifs is 7. The normalized spacial score (nSPS) is 13.6. The minimum atomic E-state index is 0.534. The van der Waals surface area contributed by atoms with E-state index in [4.69, 9.17) is 19.4 Å². The van der Waals surface area contributed by atoms with Gasteiger partial charge in [0.1, 0.15) is 0 Å². The van der Waals surface area contributed by atoms with Gasteiger partial charge in [-0.15, -0.1) is 22.7 Å². The van der Waals surface area contributed by atoms with Crippen molar-refractivity contribution in [2.45, 2.75) is 79.1 Å². The largest absolute Gasteiger partial charge is 0.489 e. The second-order valence-electron chi connectivity index (χ2n) is 10.8. The Bertz CT molecular complexity index is 1490. The van der Waals surface area contributed by atoms with Gasteiger partial charge in [0, 0.05) is 22.9 Å². The molecular weight excluding hydrogens is 668 g/mol. The fraction of sp³-hybridized carbons (Fsp3) is 0.500. The van der Waals surface area contributed by atoms with Crippen LogP contribution >= 0.6 is 54.5 Å². The summed E-state index contributed by atoms with van der Waals surface area (Å²) < 4.78 is 17.7. The molecule has 3 heterocycles. The zero-order valence-electron chi connectivity index (χ0n) is 23.8. The molecular formula is C32H38Br2N2O2S2. The van der Waals surface area contributed by atoms with Gasteiger partial charge in [-0.25, -0.2) is 9.97 Å². The summed E-state index contributed by atoms with van der Waals surface area (Å²) in [5.41, 5.74) is 3.54. The summed E-state index contributed by atoms with van der Waals surface area (Å²) in [6.45, 7) is 10.4. The number of nitrogens with zero attached hydrogens (tertiary/aromatic N) is 2. The molecule has 5 rings (SSSR count). The average Bonchev–Trinajstić information content (AvgIpc) is 3.54. The smallest absolute Gasteiger partial charge is 0.163 e. The number of thiophene rings is 2. The summed E-state index contributed by atoms with van der Waals surface area (Å²) in [4.78, 5) is 10.4. The number of unbranched alkanes of at least 4 members (excludes halogenated alkanes) is 2. The lowest BCUT2D eigenvalue weighted by Gasteiger charge is -2.20. The second-order valence-corrected chi connectivity index (χ2v) is 15.6. The lowest BCUT2D eigenvalue weighted by Crippen LogP contribution is -2.14. The van der Waals surface area contributed by atoms with Crippen LogP contribution in [-0.2, 0) is 0 Å². The molecule has 0 aliphatic carbocycles. The van der Waals surface area contributed by atoms with Gasteiger partial charge in [-0.3, -0.25) is 0 Å². The molecule has 0 aliphatic heterocycles. The molecule has 214 valence electrons. The first-order chi connectivity index (χ1) is 19.4. The van der Waals surface area contributed by atoms with Crippen molar-refractivity contribution in [2.75, 3.05) is 13.2 Å². The predicted octanol–water partition coefficient (Wildman–Crippen LogP) is 11.9. The van der Waals surface area contributed by atoms with Crippen molar-refractivity contribution in [3.8, 4) is 11.5 Å². The van der Waals surface area contributed by atoms with Crippen LogP contribution in [0.2, 0.25) is 0 Å². The van der Waals surface area contributed by atoms with Crippen molar-refractivity contribution >= 4 is 96.8 Å². The molecule has 0 aliphatic rings. The highest BCUT2D eigenvalue weighted by atomic mass is 79.9. The van der Waals surface area contributed by atoms with Crippen LogP contribution in [0.25, 0.3) is 42.2 Å². The number of aromatic nitrogens is 2. The van der Waals surface area contributed by atoms with Crippen LogP contribution in [0.4, 0.5) is 0 Å². The Balaban J connectivity index is 1.60. The van der Waals surface area contributed by atoms with Crippen molar-refractivity contribution in [3.05, 3.63) is 31.8 Å². The third kappa shape index (κ3) is 6.45. The lowest BCUT2D eigenvalue weighted by molar-refractivity contribution is 0.199. The van der Waals surface area contributed by atoms with Crippen LogP contribution in [0, 0.1) is 11.8 Å². The number of hydrogen-bond acceptors (Lipinski definition) is 6. The van der Waals surface area contributed by atoms with E-state index >= 15 is 0 Å². The van der Waals surface area contributed by atoms with Gasteiger partial charge in [0.05, 0.1) is 52.3 Å². The number of benzene rings is 2. The summed E-state index contributed by atoms with van der Waals surface area (Å²) in [5, 5.41) is 2.27. The van der Waals surface area contributed by atoms with Crippen LogP contribution in [0.15, 0.2) is 31.8 Å². The van der Waals surface area contributed by atoms with Crippen LogP contribution in [0.5, 0.6) is 11.5 Å². The van der Waals surface area contributed by atoms with E-state index in [1.807, 2.05) is 0 Å². The number of ether oxygens (including phenoxy) is 2. The van der Waals surface area contributed by atoms with Crippen LogP contribution in [0.1, 0.15) is 79.1 Å². The number of hydrogen-bond donors (Lipinski definition) is 0. The third-order valence-electron chi connectivity index (χ3n) is 7.89. The molecule has 40 heavy (non-hydrogen) atoms. The molecule has 0 bridgehead atoms. The Hall–Kier alpha value is -1.48. The van der Waals surface area contributed by atoms with Gasteiger partial charge in [0.15, 0.2) is 11.5 Å². The van der Waals surface area contributed by atoms with Gasteiger partial charge in [0.2, 0.25) is 0 Å². The van der Waals surface area contributed by atoms with E-state index in [0.717, 1.165) is 64.8 Å². The fourth-order valence-corrected chi connectivity index (χ4v) is 8.65. The van der Waals surface area contributed by atoms with Crippen LogP contribution < -0.4 is 9.47 Å². The Morgan fingerprint density at radius 1 is 0.675 bits per heavy atom. The molecule has 0 saturated carbocycles. The molecule has 3 aromatic heterocycles. The first-order valence-corrected chi connectivity index (χ1v) is 17.9. The minimum Gasteiger partial charge on any atom is -0.489 e. The van der Waals surface area contributed by atoms with Gasteiger partial charge in [-0.1, -0.05) is 66.2 Å². The summed E-state index contributed by atoms with van der Waals surface area (Å²) in [6.07, 6.45) is 9.48. The Morgan fingerprint density at radius 3 is 1.48 bits per heavy atom. The summed E-state index contributed by atoms with van der Waals surface area (Å²) in [6, 6.07) is 8.45. The van der Waals surface area contributed by atoms with E-state index in [9.17, 15) is 0 Å². The first kappa shape index (κ1) is 30.0. The molecule has 8 heteroatoms.